The molecule has 0 spiro atoms. The predicted octanol–water partition coefficient (Wildman–Crippen LogP) is 1.74. The number of nitrogens with one attached hydrogen (secondary N) is 1. The molecule has 1 aliphatic heterocycles. The molecule has 2 aromatic rings. The van der Waals surface area contributed by atoms with E-state index in [2.05, 4.69) is 9.71 Å². The van der Waals surface area contributed by atoms with Crippen LogP contribution in [0.4, 0.5) is 8.78 Å². The van der Waals surface area contributed by atoms with Crippen LogP contribution in [-0.2, 0) is 10.0 Å². The van der Waals surface area contributed by atoms with E-state index in [-0.39, 0.29) is 17.3 Å². The number of hydrogen-bond acceptors (Lipinski definition) is 4. The normalized spacial score (nSPS) is 18.5. The molecule has 0 bridgehead atoms. The third kappa shape index (κ3) is 2.82. The van der Waals surface area contributed by atoms with Crippen molar-refractivity contribution < 1.29 is 22.3 Å². The topological polar surface area (TPSA) is 78.8 Å². The number of aliphatic imine (C=N–C) groups is 1. The van der Waals surface area contributed by atoms with Crippen molar-refractivity contribution in [3.63, 3.8) is 0 Å². The molecule has 0 fully saturated rings. The van der Waals surface area contributed by atoms with Gasteiger partial charge in [0, 0.05) is 5.56 Å². The lowest BCUT2D eigenvalue weighted by atomic mass is 10.1. The molecule has 2 aromatic carbocycles. The molecule has 1 heterocycles. The minimum atomic E-state index is -3.69. The van der Waals surface area contributed by atoms with Gasteiger partial charge in [-0.05, 0) is 24.3 Å². The van der Waals surface area contributed by atoms with Crippen molar-refractivity contribution in [2.75, 3.05) is 6.54 Å². The van der Waals surface area contributed by atoms with Crippen LogP contribution < -0.4 is 4.72 Å². The molecular formula is C15H12F2N2O3S. The summed E-state index contributed by atoms with van der Waals surface area (Å²) in [5.74, 6) is -1.73. The number of rotatable bonds is 3. The van der Waals surface area contributed by atoms with E-state index in [9.17, 15) is 22.3 Å². The summed E-state index contributed by atoms with van der Waals surface area (Å²) in [6.07, 6.45) is -1.53. The summed E-state index contributed by atoms with van der Waals surface area (Å²) < 4.78 is 53.3. The Labute approximate surface area is 131 Å². The molecule has 3 rings (SSSR count). The molecule has 0 radical (unpaired) electrons. The van der Waals surface area contributed by atoms with E-state index in [1.807, 2.05) is 0 Å². The highest BCUT2D eigenvalue weighted by Gasteiger charge is 2.30. The van der Waals surface area contributed by atoms with Crippen molar-refractivity contribution in [1.82, 2.24) is 4.72 Å². The van der Waals surface area contributed by atoms with Gasteiger partial charge in [-0.3, -0.25) is 9.71 Å². The average molecular weight is 338 g/mol. The summed E-state index contributed by atoms with van der Waals surface area (Å²) in [5.41, 5.74) is -0.139. The molecular weight excluding hydrogens is 326 g/mol. The number of aliphatic hydroxyl groups is 1. The number of aliphatic hydroxyl groups excluding tert-OH is 1. The van der Waals surface area contributed by atoms with Crippen molar-refractivity contribution in [2.24, 2.45) is 4.99 Å². The summed E-state index contributed by atoms with van der Waals surface area (Å²) in [7, 11) is -3.69. The van der Waals surface area contributed by atoms with Gasteiger partial charge in [-0.2, -0.15) is 0 Å². The monoisotopic (exact) mass is 338 g/mol. The largest absolute Gasteiger partial charge is 0.386 e. The Kier molecular flexibility index (Phi) is 3.87. The van der Waals surface area contributed by atoms with Crippen molar-refractivity contribution in [3.05, 3.63) is 65.2 Å². The Morgan fingerprint density at radius 2 is 1.74 bits per heavy atom. The minimum absolute atomic E-state index is 0.0383. The van der Waals surface area contributed by atoms with Crippen LogP contribution in [0.5, 0.6) is 0 Å². The third-order valence-corrected chi connectivity index (χ3v) is 4.82. The number of amidine groups is 1. The molecule has 5 nitrogen and oxygen atoms in total. The first-order valence-corrected chi connectivity index (χ1v) is 8.17. The Bertz CT molecular complexity index is 877. The fraction of sp³-hybridized carbons (Fsp3) is 0.133. The Balaban J connectivity index is 1.90. The lowest BCUT2D eigenvalue weighted by Crippen LogP contribution is -2.23. The van der Waals surface area contributed by atoms with E-state index in [1.54, 1.807) is 18.2 Å². The maximum atomic E-state index is 13.6. The summed E-state index contributed by atoms with van der Waals surface area (Å²) in [6, 6.07) is 9.45. The van der Waals surface area contributed by atoms with E-state index in [0.717, 1.165) is 12.1 Å². The number of sulfonamides is 1. The van der Waals surface area contributed by atoms with Crippen LogP contribution in [0.3, 0.4) is 0 Å². The molecule has 0 saturated heterocycles. The molecule has 0 aliphatic carbocycles. The van der Waals surface area contributed by atoms with Gasteiger partial charge >= 0.3 is 0 Å². The number of nitrogens with zero attached hydrogens (tertiary/aromatic N) is 1. The lowest BCUT2D eigenvalue weighted by Gasteiger charge is -2.11. The van der Waals surface area contributed by atoms with Crippen molar-refractivity contribution in [1.29, 1.82) is 0 Å². The van der Waals surface area contributed by atoms with Crippen LogP contribution in [-0.4, -0.2) is 25.9 Å². The average Bonchev–Trinajstić information content (AvgIpc) is 2.77. The minimum Gasteiger partial charge on any atom is -0.386 e. The zero-order valence-corrected chi connectivity index (χ0v) is 12.5. The van der Waals surface area contributed by atoms with Crippen LogP contribution in [0.15, 0.2) is 52.4 Å². The van der Waals surface area contributed by atoms with Crippen LogP contribution in [0.1, 0.15) is 17.2 Å². The zero-order valence-electron chi connectivity index (χ0n) is 11.7. The van der Waals surface area contributed by atoms with Gasteiger partial charge in [0.15, 0.2) is 0 Å². The highest BCUT2D eigenvalue weighted by Crippen LogP contribution is 2.24. The molecule has 1 unspecified atom stereocenters. The van der Waals surface area contributed by atoms with E-state index in [1.165, 1.54) is 12.1 Å². The van der Waals surface area contributed by atoms with E-state index in [4.69, 9.17) is 0 Å². The van der Waals surface area contributed by atoms with Gasteiger partial charge in [0.2, 0.25) is 0 Å². The maximum absolute atomic E-state index is 13.6. The van der Waals surface area contributed by atoms with Gasteiger partial charge in [0.1, 0.15) is 23.6 Å². The maximum Gasteiger partial charge on any atom is 0.263 e. The third-order valence-electron chi connectivity index (χ3n) is 3.42. The molecule has 2 N–H and O–H groups in total. The molecule has 23 heavy (non-hydrogen) atoms. The summed E-state index contributed by atoms with van der Waals surface area (Å²) in [5, 5.41) is 9.96. The quantitative estimate of drug-likeness (QED) is 0.895. The highest BCUT2D eigenvalue weighted by molar-refractivity contribution is 7.90. The number of hydrogen-bond donors (Lipinski definition) is 2. The van der Waals surface area contributed by atoms with Gasteiger partial charge < -0.3 is 5.11 Å². The van der Waals surface area contributed by atoms with Crippen LogP contribution in [0.2, 0.25) is 0 Å². The Hall–Kier alpha value is -2.32. The van der Waals surface area contributed by atoms with Crippen LogP contribution >= 0.6 is 0 Å². The summed E-state index contributed by atoms with van der Waals surface area (Å²) in [6.45, 7) is -0.385. The SMILES string of the molecule is O=S1(=O)NC(=NCC(O)c2c(F)cccc2F)c2ccccc21. The molecule has 1 aliphatic rings. The summed E-state index contributed by atoms with van der Waals surface area (Å²) in [4.78, 5) is 4.04. The van der Waals surface area contributed by atoms with Crippen molar-refractivity contribution >= 4 is 15.9 Å². The van der Waals surface area contributed by atoms with Crippen LogP contribution in [0.25, 0.3) is 0 Å². The molecule has 8 heteroatoms. The first-order valence-electron chi connectivity index (χ1n) is 6.69. The Morgan fingerprint density at radius 1 is 1.09 bits per heavy atom. The number of benzene rings is 2. The lowest BCUT2D eigenvalue weighted by molar-refractivity contribution is 0.177. The summed E-state index contributed by atoms with van der Waals surface area (Å²) >= 11 is 0. The van der Waals surface area contributed by atoms with Crippen LogP contribution in [0, 0.1) is 11.6 Å². The van der Waals surface area contributed by atoms with Gasteiger partial charge in [-0.15, -0.1) is 0 Å². The van der Waals surface area contributed by atoms with Gasteiger partial charge in [-0.25, -0.2) is 17.2 Å². The van der Waals surface area contributed by atoms with E-state index < -0.39 is 33.3 Å². The Morgan fingerprint density at radius 3 is 2.43 bits per heavy atom. The standard InChI is InChI=1S/C15H12F2N2O3S/c16-10-5-3-6-11(17)14(10)12(20)8-18-15-9-4-1-2-7-13(9)23(21,22)19-15/h1-7,12,20H,8H2,(H,18,19). The molecule has 0 saturated carbocycles. The molecule has 120 valence electrons. The second kappa shape index (κ2) is 5.71. The second-order valence-corrected chi connectivity index (χ2v) is 6.59. The molecule has 0 aromatic heterocycles. The van der Waals surface area contributed by atoms with Gasteiger partial charge in [0.05, 0.1) is 17.0 Å². The van der Waals surface area contributed by atoms with Gasteiger partial charge in [-0.1, -0.05) is 18.2 Å². The van der Waals surface area contributed by atoms with Crippen molar-refractivity contribution in [3.8, 4) is 0 Å². The first-order chi connectivity index (χ1) is 10.9. The van der Waals surface area contributed by atoms with E-state index in [0.29, 0.717) is 5.56 Å². The second-order valence-electron chi connectivity index (χ2n) is 4.94. The van der Waals surface area contributed by atoms with Crippen molar-refractivity contribution in [2.45, 2.75) is 11.0 Å². The number of halogens is 2. The van der Waals surface area contributed by atoms with E-state index >= 15 is 0 Å². The fourth-order valence-electron chi connectivity index (χ4n) is 2.35. The predicted molar refractivity (Wildman–Crippen MR) is 79.5 cm³/mol. The zero-order chi connectivity index (χ0) is 16.6. The smallest absolute Gasteiger partial charge is 0.263 e. The molecule has 0 amide bonds. The number of fused-ring (bicyclic) bond motifs is 1. The first kappa shape index (κ1) is 15.6. The fourth-order valence-corrected chi connectivity index (χ4v) is 3.60. The van der Waals surface area contributed by atoms with Gasteiger partial charge in [0.25, 0.3) is 10.0 Å². The molecule has 1 atom stereocenters. The highest BCUT2D eigenvalue weighted by atomic mass is 32.2.